The molecule has 2 aromatic heterocycles. The zero-order chi connectivity index (χ0) is 19.8. The summed E-state index contributed by atoms with van der Waals surface area (Å²) in [7, 11) is 1.64. The lowest BCUT2D eigenvalue weighted by Gasteiger charge is -2.27. The van der Waals surface area contributed by atoms with Crippen LogP contribution >= 0.6 is 0 Å². The number of aromatic amines is 2. The topological polar surface area (TPSA) is 91.1 Å². The van der Waals surface area contributed by atoms with E-state index in [4.69, 9.17) is 4.74 Å². The fraction of sp³-hybridized carbons (Fsp3) is 0.381. The molecule has 1 aliphatic heterocycles. The molecular weight excluding hydrogens is 356 g/mol. The molecule has 0 radical (unpaired) electrons. The Morgan fingerprint density at radius 3 is 2.86 bits per heavy atom. The van der Waals surface area contributed by atoms with Gasteiger partial charge >= 0.3 is 5.69 Å². The summed E-state index contributed by atoms with van der Waals surface area (Å²) in [6, 6.07) is 7.61. The number of rotatable bonds is 4. The summed E-state index contributed by atoms with van der Waals surface area (Å²) in [5.41, 5.74) is 3.75. The van der Waals surface area contributed by atoms with Gasteiger partial charge in [-0.3, -0.25) is 4.79 Å². The molecule has 1 aliphatic rings. The van der Waals surface area contributed by atoms with Gasteiger partial charge in [-0.1, -0.05) is 13.8 Å². The molecule has 146 valence electrons. The average molecular weight is 380 g/mol. The van der Waals surface area contributed by atoms with Crippen molar-refractivity contribution >= 4 is 16.8 Å². The highest BCUT2D eigenvalue weighted by Gasteiger charge is 2.26. The van der Waals surface area contributed by atoms with Gasteiger partial charge in [0.05, 0.1) is 7.11 Å². The SMILES string of the molecule is COc1ccc2[nH]c3c(c2c1)CN(C(=O)c1cc(CC(C)C)[nH]c(=O)n1)CC3. The van der Waals surface area contributed by atoms with Crippen molar-refractivity contribution < 1.29 is 9.53 Å². The molecule has 4 rings (SSSR count). The van der Waals surface area contributed by atoms with E-state index in [2.05, 4.69) is 28.8 Å². The first kappa shape index (κ1) is 18.3. The third kappa shape index (κ3) is 3.40. The van der Waals surface area contributed by atoms with Gasteiger partial charge in [0.2, 0.25) is 0 Å². The van der Waals surface area contributed by atoms with E-state index in [0.717, 1.165) is 40.0 Å². The number of nitrogens with one attached hydrogen (secondary N) is 2. The van der Waals surface area contributed by atoms with Crippen molar-refractivity contribution in [1.29, 1.82) is 0 Å². The molecule has 0 unspecified atom stereocenters. The van der Waals surface area contributed by atoms with Crippen molar-refractivity contribution in [3.05, 3.63) is 57.4 Å². The lowest BCUT2D eigenvalue weighted by Crippen LogP contribution is -2.37. The molecule has 0 aliphatic carbocycles. The van der Waals surface area contributed by atoms with Gasteiger partial charge in [0.15, 0.2) is 0 Å². The maximum Gasteiger partial charge on any atom is 0.345 e. The summed E-state index contributed by atoms with van der Waals surface area (Å²) in [5, 5.41) is 1.06. The number of aromatic nitrogens is 3. The second kappa shape index (κ2) is 7.14. The largest absolute Gasteiger partial charge is 0.497 e. The first-order valence-corrected chi connectivity index (χ1v) is 9.51. The molecule has 1 amide bonds. The standard InChI is InChI=1S/C21H24N4O3/c1-12(2)8-13-9-19(24-21(27)22-13)20(26)25-7-6-18-16(11-25)15-10-14(28-3)4-5-17(15)23-18/h4-5,9-10,12,23H,6-8,11H2,1-3H3,(H,22,24,27). The monoisotopic (exact) mass is 380 g/mol. The molecule has 2 N–H and O–H groups in total. The van der Waals surface area contributed by atoms with Crippen LogP contribution in [0.3, 0.4) is 0 Å². The highest BCUT2D eigenvalue weighted by Crippen LogP contribution is 2.30. The Morgan fingerprint density at radius 1 is 1.29 bits per heavy atom. The number of ether oxygens (including phenoxy) is 1. The number of carbonyl (C=O) groups excluding carboxylic acids is 1. The molecular formula is C21H24N4O3. The molecule has 3 aromatic rings. The molecule has 28 heavy (non-hydrogen) atoms. The molecule has 0 spiro atoms. The number of amides is 1. The predicted octanol–water partition coefficient (Wildman–Crippen LogP) is 2.66. The van der Waals surface area contributed by atoms with E-state index in [-0.39, 0.29) is 11.6 Å². The number of H-pyrrole nitrogens is 2. The van der Waals surface area contributed by atoms with Crippen molar-refractivity contribution in [2.45, 2.75) is 33.2 Å². The van der Waals surface area contributed by atoms with Crippen molar-refractivity contribution in [2.24, 2.45) is 5.92 Å². The van der Waals surface area contributed by atoms with E-state index in [1.165, 1.54) is 0 Å². The van der Waals surface area contributed by atoms with Crippen LogP contribution in [0.25, 0.3) is 10.9 Å². The number of fused-ring (bicyclic) bond motifs is 3. The number of benzene rings is 1. The van der Waals surface area contributed by atoms with Gasteiger partial charge in [-0.2, -0.15) is 4.98 Å². The predicted molar refractivity (Wildman–Crippen MR) is 107 cm³/mol. The third-order valence-corrected chi connectivity index (χ3v) is 5.12. The molecule has 1 aromatic carbocycles. The van der Waals surface area contributed by atoms with Crippen LogP contribution in [-0.4, -0.2) is 39.4 Å². The van der Waals surface area contributed by atoms with Crippen LogP contribution in [0.4, 0.5) is 0 Å². The molecule has 7 nitrogen and oxygen atoms in total. The van der Waals surface area contributed by atoms with E-state index in [9.17, 15) is 9.59 Å². The number of nitrogens with zero attached hydrogens (tertiary/aromatic N) is 2. The molecule has 0 atom stereocenters. The quantitative estimate of drug-likeness (QED) is 0.728. The maximum atomic E-state index is 13.1. The minimum atomic E-state index is -0.476. The van der Waals surface area contributed by atoms with Crippen LogP contribution in [0, 0.1) is 5.92 Å². The number of carbonyl (C=O) groups is 1. The normalized spacial score (nSPS) is 13.8. The van der Waals surface area contributed by atoms with E-state index in [1.54, 1.807) is 18.1 Å². The van der Waals surface area contributed by atoms with Crippen LogP contribution in [0.1, 0.15) is 41.3 Å². The van der Waals surface area contributed by atoms with Gasteiger partial charge < -0.3 is 19.6 Å². The summed E-state index contributed by atoms with van der Waals surface area (Å²) in [6.45, 7) is 5.20. The smallest absolute Gasteiger partial charge is 0.345 e. The number of hydrogen-bond donors (Lipinski definition) is 2. The Kier molecular flexibility index (Phi) is 4.66. The lowest BCUT2D eigenvalue weighted by atomic mass is 10.0. The van der Waals surface area contributed by atoms with Gasteiger partial charge in [0.1, 0.15) is 11.4 Å². The Bertz CT molecular complexity index is 1100. The van der Waals surface area contributed by atoms with Crippen LogP contribution in [0.5, 0.6) is 5.75 Å². The Labute approximate surface area is 162 Å². The molecule has 0 saturated heterocycles. The first-order valence-electron chi connectivity index (χ1n) is 9.51. The van der Waals surface area contributed by atoms with Crippen molar-refractivity contribution in [1.82, 2.24) is 19.9 Å². The molecule has 7 heteroatoms. The second-order valence-electron chi connectivity index (χ2n) is 7.67. The van der Waals surface area contributed by atoms with Crippen LogP contribution in [-0.2, 0) is 19.4 Å². The van der Waals surface area contributed by atoms with E-state index in [1.807, 2.05) is 18.2 Å². The molecule has 0 bridgehead atoms. The number of methoxy groups -OCH3 is 1. The second-order valence-corrected chi connectivity index (χ2v) is 7.67. The summed E-state index contributed by atoms with van der Waals surface area (Å²) in [4.78, 5) is 36.8. The van der Waals surface area contributed by atoms with Gasteiger partial charge in [-0.15, -0.1) is 0 Å². The molecule has 0 fully saturated rings. The van der Waals surface area contributed by atoms with Crippen molar-refractivity contribution in [3.8, 4) is 5.75 Å². The van der Waals surface area contributed by atoms with Gasteiger partial charge in [-0.25, -0.2) is 4.79 Å². The maximum absolute atomic E-state index is 13.1. The fourth-order valence-electron chi connectivity index (χ4n) is 3.82. The summed E-state index contributed by atoms with van der Waals surface area (Å²) < 4.78 is 5.34. The van der Waals surface area contributed by atoms with Crippen LogP contribution in [0.2, 0.25) is 0 Å². The highest BCUT2D eigenvalue weighted by atomic mass is 16.5. The summed E-state index contributed by atoms with van der Waals surface area (Å²) in [5.74, 6) is 0.950. The minimum absolute atomic E-state index is 0.209. The number of hydrogen-bond acceptors (Lipinski definition) is 4. The zero-order valence-electron chi connectivity index (χ0n) is 16.3. The Morgan fingerprint density at radius 2 is 2.11 bits per heavy atom. The van der Waals surface area contributed by atoms with E-state index >= 15 is 0 Å². The fourth-order valence-corrected chi connectivity index (χ4v) is 3.82. The van der Waals surface area contributed by atoms with Crippen molar-refractivity contribution in [2.75, 3.05) is 13.7 Å². The van der Waals surface area contributed by atoms with Crippen LogP contribution in [0.15, 0.2) is 29.1 Å². The Balaban J connectivity index is 1.64. The van der Waals surface area contributed by atoms with Crippen LogP contribution < -0.4 is 10.4 Å². The van der Waals surface area contributed by atoms with E-state index in [0.29, 0.717) is 25.4 Å². The van der Waals surface area contributed by atoms with Gasteiger partial charge in [0, 0.05) is 47.4 Å². The van der Waals surface area contributed by atoms with Gasteiger partial charge in [-0.05, 0) is 36.6 Å². The molecule has 0 saturated carbocycles. The summed E-state index contributed by atoms with van der Waals surface area (Å²) >= 11 is 0. The van der Waals surface area contributed by atoms with E-state index < -0.39 is 5.69 Å². The van der Waals surface area contributed by atoms with Crippen molar-refractivity contribution in [3.63, 3.8) is 0 Å². The zero-order valence-corrected chi connectivity index (χ0v) is 16.3. The third-order valence-electron chi connectivity index (χ3n) is 5.12. The average Bonchev–Trinajstić information content (AvgIpc) is 3.03. The summed E-state index contributed by atoms with van der Waals surface area (Å²) in [6.07, 6.45) is 1.44. The van der Waals surface area contributed by atoms with Gasteiger partial charge in [0.25, 0.3) is 5.91 Å². The lowest BCUT2D eigenvalue weighted by molar-refractivity contribution is 0.0728. The highest BCUT2D eigenvalue weighted by molar-refractivity contribution is 5.93. The Hall–Kier alpha value is -3.09. The minimum Gasteiger partial charge on any atom is -0.497 e. The molecule has 3 heterocycles. The first-order chi connectivity index (χ1) is 13.4.